The highest BCUT2D eigenvalue weighted by Crippen LogP contribution is 2.28. The molecule has 0 saturated carbocycles. The number of benzene rings is 4. The maximum absolute atomic E-state index is 6.36. The first kappa shape index (κ1) is 17.7. The smallest absolute Gasteiger partial charge is 0.230 e. The van der Waals surface area contributed by atoms with Crippen LogP contribution >= 0.6 is 0 Å². The first-order valence-corrected chi connectivity index (χ1v) is 10.3. The number of rotatable bonds is 2. The summed E-state index contributed by atoms with van der Waals surface area (Å²) in [5.74, 6) is 0.741. The standard InChI is InChI=1S/C27H19N3O/c1-17-10-13-19(14-11-17)28-27-22(26-29-23-8-4-5-9-24(23)30-26)16-21-20-7-3-2-6-18(20)12-15-25(21)31-27/h2-16H,1H3,(H,29,30). The Morgan fingerprint density at radius 2 is 1.61 bits per heavy atom. The number of imidazole rings is 1. The molecule has 0 atom stereocenters. The lowest BCUT2D eigenvalue weighted by atomic mass is 10.0. The number of aryl methyl sites for hydroxylation is 1. The predicted molar refractivity (Wildman–Crippen MR) is 125 cm³/mol. The maximum Gasteiger partial charge on any atom is 0.230 e. The van der Waals surface area contributed by atoms with Gasteiger partial charge in [-0.2, -0.15) is 0 Å². The van der Waals surface area contributed by atoms with E-state index in [0.29, 0.717) is 5.55 Å². The molecule has 0 aliphatic carbocycles. The zero-order valence-electron chi connectivity index (χ0n) is 17.0. The zero-order valence-corrected chi connectivity index (χ0v) is 17.0. The zero-order chi connectivity index (χ0) is 20.8. The van der Waals surface area contributed by atoms with Crippen molar-refractivity contribution in [3.8, 4) is 11.4 Å². The summed E-state index contributed by atoms with van der Waals surface area (Å²) in [6, 6.07) is 30.7. The highest BCUT2D eigenvalue weighted by atomic mass is 16.3. The number of nitrogens with zero attached hydrogens (tertiary/aromatic N) is 2. The lowest BCUT2D eigenvalue weighted by molar-refractivity contribution is 0.547. The van der Waals surface area contributed by atoms with E-state index in [1.165, 1.54) is 10.9 Å². The molecule has 2 aromatic heterocycles. The Hall–Kier alpha value is -4.18. The van der Waals surface area contributed by atoms with Gasteiger partial charge in [0, 0.05) is 5.39 Å². The van der Waals surface area contributed by atoms with Gasteiger partial charge in [0.25, 0.3) is 0 Å². The molecule has 0 radical (unpaired) electrons. The van der Waals surface area contributed by atoms with Crippen LogP contribution in [0.4, 0.5) is 5.69 Å². The molecule has 148 valence electrons. The van der Waals surface area contributed by atoms with Gasteiger partial charge in [0.1, 0.15) is 11.4 Å². The molecule has 0 aliphatic heterocycles. The van der Waals surface area contributed by atoms with Gasteiger partial charge in [-0.15, -0.1) is 0 Å². The molecule has 0 fully saturated rings. The number of aromatic nitrogens is 2. The van der Waals surface area contributed by atoms with Crippen molar-refractivity contribution in [1.29, 1.82) is 0 Å². The lowest BCUT2D eigenvalue weighted by Gasteiger charge is -2.06. The van der Waals surface area contributed by atoms with Crippen molar-refractivity contribution in [1.82, 2.24) is 9.97 Å². The molecule has 6 aromatic rings. The summed E-state index contributed by atoms with van der Waals surface area (Å²) in [6.07, 6.45) is 0. The summed E-state index contributed by atoms with van der Waals surface area (Å²) < 4.78 is 6.36. The molecule has 1 N–H and O–H groups in total. The van der Waals surface area contributed by atoms with Crippen molar-refractivity contribution in [3.63, 3.8) is 0 Å². The van der Waals surface area contributed by atoms with Crippen LogP contribution in [0.15, 0.2) is 100 Å². The van der Waals surface area contributed by atoms with E-state index in [2.05, 4.69) is 36.2 Å². The van der Waals surface area contributed by atoms with Gasteiger partial charge in [-0.25, -0.2) is 9.98 Å². The SMILES string of the molecule is Cc1ccc(N=c2oc3ccc4ccccc4c3cc2-c2nc3ccccc3[nH]2)cc1. The molecule has 0 amide bonds. The second kappa shape index (κ2) is 6.96. The van der Waals surface area contributed by atoms with Crippen molar-refractivity contribution >= 4 is 38.5 Å². The minimum Gasteiger partial charge on any atom is -0.438 e. The van der Waals surface area contributed by atoms with Crippen LogP contribution in [-0.2, 0) is 0 Å². The minimum absolute atomic E-state index is 0.533. The summed E-state index contributed by atoms with van der Waals surface area (Å²) in [5, 5.41) is 3.35. The van der Waals surface area contributed by atoms with Gasteiger partial charge in [0.15, 0.2) is 0 Å². The van der Waals surface area contributed by atoms with E-state index >= 15 is 0 Å². The van der Waals surface area contributed by atoms with Crippen LogP contribution in [-0.4, -0.2) is 9.97 Å². The van der Waals surface area contributed by atoms with Gasteiger partial charge in [0.2, 0.25) is 5.55 Å². The van der Waals surface area contributed by atoms with E-state index < -0.39 is 0 Å². The third-order valence-corrected chi connectivity index (χ3v) is 5.57. The molecule has 0 saturated heterocycles. The highest BCUT2D eigenvalue weighted by Gasteiger charge is 2.13. The minimum atomic E-state index is 0.533. The number of nitrogens with one attached hydrogen (secondary N) is 1. The lowest BCUT2D eigenvalue weighted by Crippen LogP contribution is -2.06. The molecule has 4 nitrogen and oxygen atoms in total. The van der Waals surface area contributed by atoms with Gasteiger partial charge < -0.3 is 9.40 Å². The molecule has 0 spiro atoms. The average Bonchev–Trinajstić information content (AvgIpc) is 3.24. The van der Waals surface area contributed by atoms with Crippen LogP contribution in [0, 0.1) is 6.92 Å². The van der Waals surface area contributed by atoms with Crippen molar-refractivity contribution in [2.45, 2.75) is 6.92 Å². The number of H-pyrrole nitrogens is 1. The molecule has 2 heterocycles. The number of fused-ring (bicyclic) bond motifs is 4. The van der Waals surface area contributed by atoms with Gasteiger partial charge in [-0.3, -0.25) is 0 Å². The highest BCUT2D eigenvalue weighted by molar-refractivity contribution is 6.06. The first-order valence-electron chi connectivity index (χ1n) is 10.3. The Labute approximate surface area is 178 Å². The average molecular weight is 401 g/mol. The summed E-state index contributed by atoms with van der Waals surface area (Å²) in [5.41, 5.74) is 6.09. The summed E-state index contributed by atoms with van der Waals surface area (Å²) in [7, 11) is 0. The molecule has 0 unspecified atom stereocenters. The van der Waals surface area contributed by atoms with Crippen LogP contribution in [0.2, 0.25) is 0 Å². The first-order chi connectivity index (χ1) is 15.2. The van der Waals surface area contributed by atoms with E-state index in [0.717, 1.165) is 44.5 Å². The molecular weight excluding hydrogens is 382 g/mol. The Morgan fingerprint density at radius 1 is 0.806 bits per heavy atom. The third kappa shape index (κ3) is 3.09. The van der Waals surface area contributed by atoms with E-state index in [1.54, 1.807) is 0 Å². The molecule has 0 bridgehead atoms. The molecule has 31 heavy (non-hydrogen) atoms. The fraction of sp³-hybridized carbons (Fsp3) is 0.0370. The predicted octanol–water partition coefficient (Wildman–Crippen LogP) is 6.67. The van der Waals surface area contributed by atoms with Crippen LogP contribution in [0.1, 0.15) is 5.56 Å². The van der Waals surface area contributed by atoms with Gasteiger partial charge in [-0.1, -0.05) is 60.2 Å². The normalized spacial score (nSPS) is 12.2. The summed E-state index contributed by atoms with van der Waals surface area (Å²) >= 11 is 0. The van der Waals surface area contributed by atoms with E-state index in [9.17, 15) is 0 Å². The maximum atomic E-state index is 6.36. The van der Waals surface area contributed by atoms with Crippen molar-refractivity contribution in [3.05, 3.63) is 102 Å². The molecule has 0 aliphatic rings. The largest absolute Gasteiger partial charge is 0.438 e. The van der Waals surface area contributed by atoms with Gasteiger partial charge >= 0.3 is 0 Å². The second-order valence-corrected chi connectivity index (χ2v) is 7.71. The van der Waals surface area contributed by atoms with E-state index in [1.807, 2.05) is 66.7 Å². The monoisotopic (exact) mass is 401 g/mol. The molecule has 4 heteroatoms. The van der Waals surface area contributed by atoms with Crippen LogP contribution in [0.5, 0.6) is 0 Å². The number of para-hydroxylation sites is 2. The second-order valence-electron chi connectivity index (χ2n) is 7.71. The van der Waals surface area contributed by atoms with E-state index in [4.69, 9.17) is 14.4 Å². The fourth-order valence-electron chi connectivity index (χ4n) is 3.95. The van der Waals surface area contributed by atoms with Crippen LogP contribution in [0.25, 0.3) is 44.2 Å². The number of hydrogen-bond acceptors (Lipinski definition) is 3. The summed E-state index contributed by atoms with van der Waals surface area (Å²) in [4.78, 5) is 13.1. The van der Waals surface area contributed by atoms with Crippen molar-refractivity contribution < 1.29 is 4.42 Å². The Kier molecular flexibility index (Phi) is 3.96. The van der Waals surface area contributed by atoms with Crippen LogP contribution in [0.3, 0.4) is 0 Å². The topological polar surface area (TPSA) is 54.2 Å². The third-order valence-electron chi connectivity index (χ3n) is 5.57. The number of aromatic amines is 1. The summed E-state index contributed by atoms with van der Waals surface area (Å²) in [6.45, 7) is 2.06. The quantitative estimate of drug-likeness (QED) is 0.329. The molecule has 4 aromatic carbocycles. The van der Waals surface area contributed by atoms with Gasteiger partial charge in [0.05, 0.1) is 22.3 Å². The Morgan fingerprint density at radius 3 is 2.48 bits per heavy atom. The van der Waals surface area contributed by atoms with Gasteiger partial charge in [-0.05, 0) is 54.1 Å². The van der Waals surface area contributed by atoms with E-state index in [-0.39, 0.29) is 0 Å². The Balaban J connectivity index is 1.69. The van der Waals surface area contributed by atoms with Crippen molar-refractivity contribution in [2.24, 2.45) is 4.99 Å². The van der Waals surface area contributed by atoms with Crippen LogP contribution < -0.4 is 5.55 Å². The van der Waals surface area contributed by atoms with Crippen molar-refractivity contribution in [2.75, 3.05) is 0 Å². The molecule has 6 rings (SSSR count). The Bertz CT molecular complexity index is 1610. The molecular formula is C27H19N3O. The number of hydrogen-bond donors (Lipinski definition) is 1. The fourth-order valence-corrected chi connectivity index (χ4v) is 3.95.